The number of carbonyl (C=O) groups excluding carboxylic acids is 6. The molecule has 16 rings (SSSR count). The lowest BCUT2D eigenvalue weighted by Gasteiger charge is -2.36. The van der Waals surface area contributed by atoms with E-state index < -0.39 is 57.0 Å². The van der Waals surface area contributed by atoms with Crippen LogP contribution in [0.5, 0.6) is 0 Å². The number of aliphatic hydroxyl groups is 1. The number of cyclic esters (lactones) is 3. The summed E-state index contributed by atoms with van der Waals surface area (Å²) >= 11 is 14.3. The van der Waals surface area contributed by atoms with E-state index in [1.165, 1.54) is 14.3 Å². The van der Waals surface area contributed by atoms with E-state index in [2.05, 4.69) is 34.3 Å². The highest BCUT2D eigenvalue weighted by atomic mass is 35.5. The molecule has 12 heterocycles. The Labute approximate surface area is 584 Å². The summed E-state index contributed by atoms with van der Waals surface area (Å²) in [5, 5.41) is 16.6. The lowest BCUT2D eigenvalue weighted by molar-refractivity contribution is -0.173. The smallest absolute Gasteiger partial charge is 0.408 e. The minimum Gasteiger partial charge on any atom is -0.458 e. The zero-order valence-corrected chi connectivity index (χ0v) is 57.2. The number of ether oxygens (including phenoxy) is 5. The highest BCUT2D eigenvalue weighted by Gasteiger charge is 2.53. The second kappa shape index (κ2) is 29.1. The number of alkyl carbamates (subject to hydrolysis) is 1. The molecule has 7 aliphatic rings. The molecule has 4 N–H and O–H groups in total. The number of benzene rings is 3. The second-order valence-electron chi connectivity index (χ2n) is 23.3. The molecular formula is C71H70Cl3N8O15P. The summed E-state index contributed by atoms with van der Waals surface area (Å²) in [6, 6.07) is 34.6. The van der Waals surface area contributed by atoms with Crippen molar-refractivity contribution < 1.29 is 63.0 Å². The zero-order valence-electron chi connectivity index (χ0n) is 57.8. The predicted octanol–water partition coefficient (Wildman–Crippen LogP) is 11.6. The van der Waals surface area contributed by atoms with Gasteiger partial charge in [0.25, 0.3) is 16.7 Å². The monoisotopic (exact) mass is 1420 g/mol. The van der Waals surface area contributed by atoms with Crippen LogP contribution in [0.4, 0.5) is 14.4 Å². The van der Waals surface area contributed by atoms with Crippen LogP contribution in [0, 0.1) is 0 Å². The summed E-state index contributed by atoms with van der Waals surface area (Å²) in [6.07, 6.45) is 1.45. The number of hydrogen-bond donors (Lipinski definition) is 3. The third-order valence-corrected chi connectivity index (χ3v) is 18.2. The van der Waals surface area contributed by atoms with Gasteiger partial charge in [-0.15, -0.1) is 9.24 Å². The van der Waals surface area contributed by atoms with Crippen molar-refractivity contribution in [3.05, 3.63) is 190 Å². The fourth-order valence-electron chi connectivity index (χ4n) is 13.1. The molecule has 0 spiro atoms. The highest BCUT2D eigenvalue weighted by Crippen LogP contribution is 2.44. The van der Waals surface area contributed by atoms with Crippen molar-refractivity contribution in [1.82, 2.24) is 34.0 Å². The summed E-state index contributed by atoms with van der Waals surface area (Å²) < 4.78 is 55.5. The van der Waals surface area contributed by atoms with Gasteiger partial charge in [-0.3, -0.25) is 19.2 Å². The van der Waals surface area contributed by atoms with Crippen molar-refractivity contribution in [2.75, 3.05) is 13.1 Å². The minimum atomic E-state index is -1.79. The minimum absolute atomic E-state index is 0. The first-order chi connectivity index (χ1) is 48.6. The Kier molecular flexibility index (Phi) is 19.6. The van der Waals surface area contributed by atoms with Crippen LogP contribution in [-0.2, 0) is 94.3 Å². The molecule has 0 radical (unpaired) electrons. The van der Waals surface area contributed by atoms with Gasteiger partial charge in [0.15, 0.2) is 5.60 Å². The average Bonchev–Trinajstić information content (AvgIpc) is 1.50. The quantitative estimate of drug-likeness (QED) is 0.0603. The van der Waals surface area contributed by atoms with Gasteiger partial charge in [0.1, 0.15) is 19.8 Å². The van der Waals surface area contributed by atoms with Gasteiger partial charge in [0.05, 0.1) is 87.0 Å². The Morgan fingerprint density at radius 3 is 1.31 bits per heavy atom. The van der Waals surface area contributed by atoms with E-state index in [-0.39, 0.29) is 74.4 Å². The number of pyridine rings is 6. The van der Waals surface area contributed by atoms with E-state index in [0.29, 0.717) is 75.9 Å². The van der Waals surface area contributed by atoms with Crippen molar-refractivity contribution in [2.45, 2.75) is 136 Å². The van der Waals surface area contributed by atoms with Crippen LogP contribution in [0.2, 0.25) is 0 Å². The molecule has 1 saturated carbocycles. The van der Waals surface area contributed by atoms with Crippen molar-refractivity contribution in [3.63, 3.8) is 0 Å². The number of para-hydroxylation sites is 3. The topological polar surface area (TPSA) is 312 Å². The second-order valence-corrected chi connectivity index (χ2v) is 25.1. The fourth-order valence-corrected chi connectivity index (χ4v) is 13.3. The number of nitrogens with one attached hydrogen (secondary N) is 1. The SMILES string of the molecule is CC[C@@]1(O)C(=O)OCc2c1cc1n(c2=O)Cc2cc3ccccc3nc2-1.CC[C@@]1(OC(=O)Cl)C(=O)OCc2c1cc1n(c2=O)Cc2cc3ccccc3nc2-1.CC[C@@]1(OC(=O)NC2CCC2)C(=O)OCc2c1cc1n(c2=O)Cc2cc3ccccc3nc2-1.O=C(Cl)Cl.[2H]C.[2H]C([3H])(C)P.[2H]CN. The van der Waals surface area contributed by atoms with Crippen molar-refractivity contribution in [2.24, 2.45) is 5.73 Å². The molecule has 9 aromatic rings. The maximum absolute atomic E-state index is 13.5. The van der Waals surface area contributed by atoms with Gasteiger partial charge in [0, 0.05) is 72.7 Å². The molecule has 1 aliphatic carbocycles. The first-order valence-corrected chi connectivity index (χ1v) is 32.6. The molecule has 3 aromatic carbocycles. The molecule has 5 atom stereocenters. The standard InChI is InChI=1S/C25H23N3O5.C21H15ClN2O5.C20H16N2O4.C2H7P.CCl2O.CH5N.CH4/c1-2-25(33-24(31)26-16-7-5-8-16)18-11-20-21-15(10-14-6-3-4-9-19(14)27-21)12-28(20)22(29)17(18)13-32-23(25)30;1-2-21(29-20(22)27)14-8-16-17-12(7-11-5-3-4-6-15(11)23-17)9-24(16)18(25)13(14)10-28-19(21)26;1-2-20(25)14-8-16-17-12(7-11-5-3-4-6-15(11)21-17)9-22(16)18(23)13(14)10-26-19(20)24;1-2-3;2-1(3)4;1-2;/h3-4,6,9-11,16H,2,5,7-8,12-13H2,1H3,(H,26,31);3-8H,2,9-10H2,1H3;3-8,25H,2,9-10H2,1H3;2-3H2,1H3;;2H2,1H3;1H4/t25-;21-;20-;;;;/m000..../s1/i;;;2TD;;2*1D. The van der Waals surface area contributed by atoms with Gasteiger partial charge < -0.3 is 53.5 Å². The van der Waals surface area contributed by atoms with Crippen LogP contribution in [-0.4, -0.2) is 87.1 Å². The van der Waals surface area contributed by atoms with Crippen LogP contribution in [0.1, 0.15) is 129 Å². The summed E-state index contributed by atoms with van der Waals surface area (Å²) in [7, 11) is 3.30. The number of rotatable bonds is 6. The van der Waals surface area contributed by atoms with Gasteiger partial charge in [0.2, 0.25) is 11.2 Å². The first kappa shape index (κ1) is 66.0. The number of amides is 1. The summed E-state index contributed by atoms with van der Waals surface area (Å²) in [5.74, 6) is -2.10. The molecule has 0 saturated heterocycles. The van der Waals surface area contributed by atoms with Crippen molar-refractivity contribution >= 4 is 111 Å². The normalized spacial score (nSPS) is 19.8. The molecule has 510 valence electrons. The van der Waals surface area contributed by atoms with Gasteiger partial charge in [-0.2, -0.15) is 0 Å². The predicted molar refractivity (Wildman–Crippen MR) is 373 cm³/mol. The fraction of sp³-hybridized carbons (Fsp3) is 0.324. The summed E-state index contributed by atoms with van der Waals surface area (Å²) in [4.78, 5) is 125. The molecule has 2 unspecified atom stereocenters. The van der Waals surface area contributed by atoms with Crippen molar-refractivity contribution in [3.8, 4) is 34.2 Å². The maximum Gasteiger partial charge on any atom is 0.408 e. The van der Waals surface area contributed by atoms with E-state index >= 15 is 0 Å². The molecule has 23 nitrogen and oxygen atoms in total. The van der Waals surface area contributed by atoms with Crippen LogP contribution < -0.4 is 27.7 Å². The lowest BCUT2D eigenvalue weighted by Crippen LogP contribution is -2.50. The number of halogens is 3. The van der Waals surface area contributed by atoms with Gasteiger partial charge >= 0.3 is 34.1 Å². The van der Waals surface area contributed by atoms with E-state index in [1.807, 2.05) is 100 Å². The molecule has 1 fully saturated rings. The molecule has 6 aliphatic heterocycles. The molecule has 27 heteroatoms. The zero-order chi connectivity index (χ0) is 73.9. The van der Waals surface area contributed by atoms with Crippen LogP contribution in [0.3, 0.4) is 0 Å². The first-order valence-electron chi connectivity index (χ1n) is 33.6. The molecule has 0 bridgehead atoms. The third kappa shape index (κ3) is 12.8. The van der Waals surface area contributed by atoms with E-state index in [9.17, 15) is 43.5 Å². The molecule has 1 amide bonds. The van der Waals surface area contributed by atoms with E-state index in [4.69, 9.17) is 60.5 Å². The lowest BCUT2D eigenvalue weighted by atomic mass is 9.85. The Bertz CT molecular complexity index is 5060. The number of hydrogen-bond acceptors (Lipinski definition) is 19. The molecular weight excluding hydrogens is 1340 g/mol. The van der Waals surface area contributed by atoms with Gasteiger partial charge in [-0.25, -0.2) is 38.9 Å². The third-order valence-electron chi connectivity index (χ3n) is 18.1. The Hall–Kier alpha value is -9.22. The average molecular weight is 1420 g/mol. The highest BCUT2D eigenvalue weighted by molar-refractivity contribution is 7.16. The van der Waals surface area contributed by atoms with E-state index in [1.54, 1.807) is 52.7 Å². The largest absolute Gasteiger partial charge is 0.458 e. The number of esters is 3. The number of fused-ring (bicyclic) bond motifs is 15. The number of nitrogens with two attached hydrogens (primary N) is 1. The van der Waals surface area contributed by atoms with E-state index in [0.717, 1.165) is 74.4 Å². The Morgan fingerprint density at radius 2 is 0.969 bits per heavy atom. The van der Waals surface area contributed by atoms with Gasteiger partial charge in [-0.05, 0) is 129 Å². The Morgan fingerprint density at radius 1 is 0.633 bits per heavy atom. The molecule has 6 aromatic heterocycles. The maximum atomic E-state index is 13.5. The number of nitrogens with zero attached hydrogens (tertiary/aromatic N) is 6. The van der Waals surface area contributed by atoms with Crippen LogP contribution >= 0.6 is 44.0 Å². The van der Waals surface area contributed by atoms with Crippen LogP contribution in [0.25, 0.3) is 66.9 Å². The Balaban J connectivity index is 0.000000151. The van der Waals surface area contributed by atoms with Gasteiger partial charge in [-0.1, -0.05) is 89.7 Å². The van der Waals surface area contributed by atoms with Crippen LogP contribution in [0.15, 0.2) is 124 Å². The van der Waals surface area contributed by atoms with Crippen molar-refractivity contribution in [1.29, 1.82) is 0 Å². The summed E-state index contributed by atoms with van der Waals surface area (Å²) in [6.45, 7) is 7.35. The number of aromatic nitrogens is 6. The number of carbonyl (C=O) groups is 6. The molecule has 98 heavy (non-hydrogen) atoms. The summed E-state index contributed by atoms with van der Waals surface area (Å²) in [5.41, 5.74) is 8.60.